The molecule has 0 aliphatic carbocycles. The van der Waals surface area contributed by atoms with Gasteiger partial charge in [0, 0.05) is 5.33 Å². The van der Waals surface area contributed by atoms with Crippen molar-refractivity contribution in [3.63, 3.8) is 0 Å². The van der Waals surface area contributed by atoms with E-state index in [4.69, 9.17) is 9.47 Å². The minimum absolute atomic E-state index is 0.111. The first-order chi connectivity index (χ1) is 10.4. The topological polar surface area (TPSA) is 18.5 Å². The summed E-state index contributed by atoms with van der Waals surface area (Å²) in [4.78, 5) is 0. The molecule has 0 spiro atoms. The number of hydrogen-bond acceptors (Lipinski definition) is 2. The first kappa shape index (κ1) is 19.4. The van der Waals surface area contributed by atoms with E-state index in [0.717, 1.165) is 19.6 Å². The average Bonchev–Trinajstić information content (AvgIpc) is 3.01. The summed E-state index contributed by atoms with van der Waals surface area (Å²) < 4.78 is 10.9. The van der Waals surface area contributed by atoms with Crippen LogP contribution < -0.4 is 0 Å². The lowest BCUT2D eigenvalue weighted by Gasteiger charge is -2.08. The van der Waals surface area contributed by atoms with E-state index in [1.807, 2.05) is 0 Å². The van der Waals surface area contributed by atoms with Gasteiger partial charge in [-0.05, 0) is 19.3 Å². The molecular formula is C18H35BrO2. The normalized spacial score (nSPS) is 15.9. The van der Waals surface area contributed by atoms with Gasteiger partial charge < -0.3 is 9.47 Å². The molecule has 0 saturated carbocycles. The number of unbranched alkanes of at least 4 members (excludes halogenated alkanes) is 12. The molecule has 0 radical (unpaired) electrons. The third-order valence-corrected chi connectivity index (χ3v) is 4.83. The maximum Gasteiger partial charge on any atom is 0.157 e. The van der Waals surface area contributed by atoms with E-state index in [1.165, 1.54) is 88.8 Å². The molecule has 0 N–H and O–H groups in total. The fraction of sp³-hybridized carbons (Fsp3) is 1.00. The van der Waals surface area contributed by atoms with Gasteiger partial charge in [-0.1, -0.05) is 86.6 Å². The zero-order valence-electron chi connectivity index (χ0n) is 13.8. The van der Waals surface area contributed by atoms with Crippen LogP contribution in [0.25, 0.3) is 0 Å². The molecular weight excluding hydrogens is 328 g/mol. The van der Waals surface area contributed by atoms with Gasteiger partial charge in [0.25, 0.3) is 0 Å². The van der Waals surface area contributed by atoms with Crippen LogP contribution in [-0.4, -0.2) is 24.8 Å². The Kier molecular flexibility index (Phi) is 14.2. The first-order valence-electron chi connectivity index (χ1n) is 9.22. The Morgan fingerprint density at radius 1 is 0.571 bits per heavy atom. The van der Waals surface area contributed by atoms with Crippen LogP contribution in [0.15, 0.2) is 0 Å². The van der Waals surface area contributed by atoms with Gasteiger partial charge in [-0.15, -0.1) is 0 Å². The van der Waals surface area contributed by atoms with Gasteiger partial charge in [-0.3, -0.25) is 0 Å². The van der Waals surface area contributed by atoms with E-state index in [1.54, 1.807) is 0 Å². The van der Waals surface area contributed by atoms with Crippen molar-refractivity contribution in [3.8, 4) is 0 Å². The van der Waals surface area contributed by atoms with Crippen LogP contribution in [0.2, 0.25) is 0 Å². The molecule has 3 heteroatoms. The summed E-state index contributed by atoms with van der Waals surface area (Å²) in [5.74, 6) is 0. The highest BCUT2D eigenvalue weighted by atomic mass is 79.9. The third kappa shape index (κ3) is 12.6. The van der Waals surface area contributed by atoms with Crippen LogP contribution >= 0.6 is 15.9 Å². The predicted octanol–water partition coefficient (Wildman–Crippen LogP) is 6.22. The summed E-state index contributed by atoms with van der Waals surface area (Å²) in [6.07, 6.45) is 19.5. The molecule has 21 heavy (non-hydrogen) atoms. The lowest BCUT2D eigenvalue weighted by molar-refractivity contribution is -0.0480. The number of rotatable bonds is 15. The second-order valence-corrected chi connectivity index (χ2v) is 7.04. The van der Waals surface area contributed by atoms with Crippen molar-refractivity contribution in [3.05, 3.63) is 0 Å². The minimum atomic E-state index is 0.111. The monoisotopic (exact) mass is 362 g/mol. The fourth-order valence-electron chi connectivity index (χ4n) is 2.92. The molecule has 0 aromatic rings. The molecule has 0 amide bonds. The van der Waals surface area contributed by atoms with Crippen molar-refractivity contribution in [2.24, 2.45) is 0 Å². The Hall–Kier alpha value is 0.400. The van der Waals surface area contributed by atoms with Crippen LogP contribution in [0.4, 0.5) is 0 Å². The second-order valence-electron chi connectivity index (χ2n) is 6.24. The van der Waals surface area contributed by atoms with Crippen LogP contribution in [-0.2, 0) is 9.47 Å². The van der Waals surface area contributed by atoms with E-state index >= 15 is 0 Å². The lowest BCUT2D eigenvalue weighted by Crippen LogP contribution is -2.06. The van der Waals surface area contributed by atoms with Crippen LogP contribution in [0.1, 0.15) is 89.9 Å². The van der Waals surface area contributed by atoms with Gasteiger partial charge in [-0.25, -0.2) is 0 Å². The molecule has 0 bridgehead atoms. The predicted molar refractivity (Wildman–Crippen MR) is 94.1 cm³/mol. The van der Waals surface area contributed by atoms with E-state index in [9.17, 15) is 0 Å². The van der Waals surface area contributed by atoms with Gasteiger partial charge >= 0.3 is 0 Å². The third-order valence-electron chi connectivity index (χ3n) is 4.26. The smallest absolute Gasteiger partial charge is 0.157 e. The molecule has 1 aliphatic heterocycles. The summed E-state index contributed by atoms with van der Waals surface area (Å²) in [6.45, 7) is 1.59. The molecule has 0 atom stereocenters. The highest BCUT2D eigenvalue weighted by molar-refractivity contribution is 9.09. The van der Waals surface area contributed by atoms with Gasteiger partial charge in [0.15, 0.2) is 6.29 Å². The number of ether oxygens (including phenoxy) is 2. The van der Waals surface area contributed by atoms with Crippen molar-refractivity contribution in [1.82, 2.24) is 0 Å². The summed E-state index contributed by atoms with van der Waals surface area (Å²) in [6, 6.07) is 0. The maximum atomic E-state index is 5.44. The van der Waals surface area contributed by atoms with Crippen LogP contribution in [0.5, 0.6) is 0 Å². The standard InChI is InChI=1S/C18H35BrO2/c19-15-13-11-9-7-5-3-1-2-4-6-8-10-12-14-18-20-16-17-21-18/h18H,1-17H2. The zero-order chi connectivity index (χ0) is 15.0. The van der Waals surface area contributed by atoms with Crippen molar-refractivity contribution >= 4 is 15.9 Å². The van der Waals surface area contributed by atoms with E-state index < -0.39 is 0 Å². The van der Waals surface area contributed by atoms with Crippen molar-refractivity contribution in [1.29, 1.82) is 0 Å². The highest BCUT2D eigenvalue weighted by Crippen LogP contribution is 2.15. The summed E-state index contributed by atoms with van der Waals surface area (Å²) in [5, 5.41) is 1.17. The van der Waals surface area contributed by atoms with Gasteiger partial charge in [0.1, 0.15) is 0 Å². The van der Waals surface area contributed by atoms with Crippen molar-refractivity contribution < 1.29 is 9.47 Å². The van der Waals surface area contributed by atoms with Gasteiger partial charge in [-0.2, -0.15) is 0 Å². The molecule has 126 valence electrons. The highest BCUT2D eigenvalue weighted by Gasteiger charge is 2.14. The van der Waals surface area contributed by atoms with Crippen LogP contribution in [0, 0.1) is 0 Å². The van der Waals surface area contributed by atoms with Gasteiger partial charge in [0.05, 0.1) is 13.2 Å². The molecule has 1 saturated heterocycles. The molecule has 0 aromatic heterocycles. The number of halogens is 1. The van der Waals surface area contributed by atoms with E-state index in [0.29, 0.717) is 0 Å². The molecule has 1 heterocycles. The summed E-state index contributed by atoms with van der Waals surface area (Å²) in [5.41, 5.74) is 0. The van der Waals surface area contributed by atoms with Gasteiger partial charge in [0.2, 0.25) is 0 Å². The quantitative estimate of drug-likeness (QED) is 0.254. The largest absolute Gasteiger partial charge is 0.350 e. The average molecular weight is 363 g/mol. The van der Waals surface area contributed by atoms with Crippen molar-refractivity contribution in [2.45, 2.75) is 96.2 Å². The Balaban J connectivity index is 1.65. The Bertz CT molecular complexity index is 205. The Labute approximate surface area is 140 Å². The fourth-order valence-corrected chi connectivity index (χ4v) is 3.32. The number of hydrogen-bond donors (Lipinski definition) is 0. The lowest BCUT2D eigenvalue weighted by atomic mass is 10.0. The first-order valence-corrected chi connectivity index (χ1v) is 10.3. The van der Waals surface area contributed by atoms with Crippen molar-refractivity contribution in [2.75, 3.05) is 18.5 Å². The Morgan fingerprint density at radius 3 is 1.38 bits per heavy atom. The SMILES string of the molecule is BrCCCCCCCCCCCCCCCC1OCCO1. The van der Waals surface area contributed by atoms with E-state index in [2.05, 4.69) is 15.9 Å². The summed E-state index contributed by atoms with van der Waals surface area (Å²) >= 11 is 3.49. The molecule has 1 fully saturated rings. The molecule has 1 aliphatic rings. The zero-order valence-corrected chi connectivity index (χ0v) is 15.4. The molecule has 0 unspecified atom stereocenters. The minimum Gasteiger partial charge on any atom is -0.350 e. The van der Waals surface area contributed by atoms with E-state index in [-0.39, 0.29) is 6.29 Å². The molecule has 0 aromatic carbocycles. The Morgan fingerprint density at radius 2 is 0.952 bits per heavy atom. The number of alkyl halides is 1. The second kappa shape index (κ2) is 15.3. The summed E-state index contributed by atoms with van der Waals surface area (Å²) in [7, 11) is 0. The molecule has 1 rings (SSSR count). The van der Waals surface area contributed by atoms with Crippen LogP contribution in [0.3, 0.4) is 0 Å². The molecule has 2 nitrogen and oxygen atoms in total. The maximum absolute atomic E-state index is 5.44.